The summed E-state index contributed by atoms with van der Waals surface area (Å²) in [5.74, 6) is 4.61. The van der Waals surface area contributed by atoms with E-state index in [-0.39, 0.29) is 18.2 Å². The summed E-state index contributed by atoms with van der Waals surface area (Å²) in [6.45, 7) is 0.992. The van der Waals surface area contributed by atoms with Crippen LogP contribution >= 0.6 is 11.8 Å². The van der Waals surface area contributed by atoms with Gasteiger partial charge in [0.15, 0.2) is 5.78 Å². The molecule has 0 bridgehead atoms. The maximum Gasteiger partial charge on any atom is 0.162 e. The number of nitrogens with zero attached hydrogens (tertiary/aromatic N) is 1. The fourth-order valence-electron chi connectivity index (χ4n) is 1.24. The molecular weight excluding hydrogens is 170 g/mol. The molecule has 1 saturated heterocycles. The zero-order valence-electron chi connectivity index (χ0n) is 7.25. The highest BCUT2D eigenvalue weighted by molar-refractivity contribution is 7.99. The van der Waals surface area contributed by atoms with E-state index in [1.165, 1.54) is 0 Å². The van der Waals surface area contributed by atoms with Crippen molar-refractivity contribution < 1.29 is 4.79 Å². The number of likely N-dealkylation sites (N-methyl/N-ethyl adjacent to an activating group) is 1. The van der Waals surface area contributed by atoms with Gasteiger partial charge in [-0.2, -0.15) is 11.8 Å². The van der Waals surface area contributed by atoms with Crippen LogP contribution in [0.15, 0.2) is 0 Å². The summed E-state index contributed by atoms with van der Waals surface area (Å²) in [6.07, 6.45) is 5.36. The van der Waals surface area contributed by atoms with E-state index in [1.807, 2.05) is 18.8 Å². The first kappa shape index (κ1) is 9.63. The zero-order chi connectivity index (χ0) is 8.97. The summed E-state index contributed by atoms with van der Waals surface area (Å²) in [7, 11) is 1.98. The lowest BCUT2D eigenvalue weighted by Crippen LogP contribution is -2.44. The molecule has 1 fully saturated rings. The summed E-state index contributed by atoms with van der Waals surface area (Å²) in [5.41, 5.74) is 0. The Hall–Kier alpha value is -0.460. The van der Waals surface area contributed by atoms with Gasteiger partial charge in [0.1, 0.15) is 0 Å². The van der Waals surface area contributed by atoms with Crippen molar-refractivity contribution in [2.24, 2.45) is 0 Å². The number of carbonyl (C=O) groups excluding carboxylic acids is 1. The Labute approximate surface area is 77.7 Å². The molecule has 0 radical (unpaired) electrons. The Balaban J connectivity index is 2.49. The predicted octanol–water partition coefficient (Wildman–Crippen LogP) is 0.626. The van der Waals surface area contributed by atoms with Crippen molar-refractivity contribution >= 4 is 17.5 Å². The number of hydrogen-bond acceptors (Lipinski definition) is 3. The standard InChI is InChI=1S/C9H13NOS/c1-3-4-9(11)8-7-12-6-5-10(8)2/h1,8H,4-7H2,2H3. The third kappa shape index (κ3) is 2.26. The number of hydrogen-bond donors (Lipinski definition) is 0. The quantitative estimate of drug-likeness (QED) is 0.586. The first-order valence-corrected chi connectivity index (χ1v) is 5.15. The molecule has 1 heterocycles. The maximum absolute atomic E-state index is 11.4. The molecule has 1 atom stereocenters. The molecule has 0 amide bonds. The highest BCUT2D eigenvalue weighted by Crippen LogP contribution is 2.15. The molecule has 1 unspecified atom stereocenters. The van der Waals surface area contributed by atoms with Crippen LogP contribution in [-0.2, 0) is 4.79 Å². The van der Waals surface area contributed by atoms with Crippen molar-refractivity contribution in [2.45, 2.75) is 12.5 Å². The van der Waals surface area contributed by atoms with Crippen molar-refractivity contribution in [3.8, 4) is 12.3 Å². The lowest BCUT2D eigenvalue weighted by molar-refractivity contribution is -0.122. The van der Waals surface area contributed by atoms with Gasteiger partial charge in [0.2, 0.25) is 0 Å². The van der Waals surface area contributed by atoms with Crippen LogP contribution in [0.4, 0.5) is 0 Å². The molecular formula is C9H13NOS. The monoisotopic (exact) mass is 183 g/mol. The maximum atomic E-state index is 11.4. The molecule has 1 aliphatic heterocycles. The summed E-state index contributed by atoms with van der Waals surface area (Å²) in [6, 6.07) is 0.0554. The highest BCUT2D eigenvalue weighted by atomic mass is 32.2. The molecule has 0 saturated carbocycles. The SMILES string of the molecule is C#CCC(=O)C1CSCCN1C. The summed E-state index contributed by atoms with van der Waals surface area (Å²) >= 11 is 1.83. The molecule has 0 aromatic carbocycles. The zero-order valence-corrected chi connectivity index (χ0v) is 8.06. The molecule has 0 aromatic rings. The second kappa shape index (κ2) is 4.54. The molecule has 0 aliphatic carbocycles. The second-order valence-corrected chi connectivity index (χ2v) is 4.07. The molecule has 0 N–H and O–H groups in total. The summed E-state index contributed by atoms with van der Waals surface area (Å²) < 4.78 is 0. The van der Waals surface area contributed by atoms with Crippen molar-refractivity contribution in [3.63, 3.8) is 0 Å². The average Bonchev–Trinajstić information content (AvgIpc) is 2.05. The van der Waals surface area contributed by atoms with Gasteiger partial charge in [0.25, 0.3) is 0 Å². The number of Topliss-reactive ketones (excluding diaryl/α,β-unsaturated/α-hetero) is 1. The van der Waals surface area contributed by atoms with Crippen molar-refractivity contribution in [2.75, 3.05) is 25.1 Å². The number of terminal acetylenes is 1. The number of thioether (sulfide) groups is 1. The van der Waals surface area contributed by atoms with Crippen LogP contribution in [0.25, 0.3) is 0 Å². The van der Waals surface area contributed by atoms with Crippen LogP contribution < -0.4 is 0 Å². The van der Waals surface area contributed by atoms with E-state index in [4.69, 9.17) is 6.42 Å². The van der Waals surface area contributed by atoms with Crippen LogP contribution in [0.3, 0.4) is 0 Å². The molecule has 1 rings (SSSR count). The van der Waals surface area contributed by atoms with Gasteiger partial charge in [0, 0.05) is 18.1 Å². The fourth-order valence-corrected chi connectivity index (χ4v) is 2.49. The van der Waals surface area contributed by atoms with Gasteiger partial charge in [-0.25, -0.2) is 0 Å². The third-order valence-electron chi connectivity index (χ3n) is 2.04. The van der Waals surface area contributed by atoms with E-state index >= 15 is 0 Å². The Morgan fingerprint density at radius 3 is 3.17 bits per heavy atom. The summed E-state index contributed by atoms with van der Waals surface area (Å²) in [4.78, 5) is 13.5. The lowest BCUT2D eigenvalue weighted by Gasteiger charge is -2.30. The van der Waals surface area contributed by atoms with Crippen molar-refractivity contribution in [1.82, 2.24) is 4.90 Å². The molecule has 3 heteroatoms. The van der Waals surface area contributed by atoms with Crippen molar-refractivity contribution in [3.05, 3.63) is 0 Å². The highest BCUT2D eigenvalue weighted by Gasteiger charge is 2.24. The van der Waals surface area contributed by atoms with Crippen LogP contribution in [0.1, 0.15) is 6.42 Å². The Morgan fingerprint density at radius 2 is 2.58 bits per heavy atom. The van der Waals surface area contributed by atoms with Gasteiger partial charge in [-0.1, -0.05) is 5.92 Å². The first-order chi connectivity index (χ1) is 5.75. The lowest BCUT2D eigenvalue weighted by atomic mass is 10.1. The van der Waals surface area contributed by atoms with Gasteiger partial charge in [0.05, 0.1) is 12.5 Å². The summed E-state index contributed by atoms with van der Waals surface area (Å²) in [5, 5.41) is 0. The molecule has 1 aliphatic rings. The van der Waals surface area contributed by atoms with E-state index in [2.05, 4.69) is 10.8 Å². The van der Waals surface area contributed by atoms with Gasteiger partial charge < -0.3 is 0 Å². The number of ketones is 1. The number of rotatable bonds is 2. The average molecular weight is 183 g/mol. The first-order valence-electron chi connectivity index (χ1n) is 4.00. The van der Waals surface area contributed by atoms with E-state index in [1.54, 1.807) is 0 Å². The Bertz CT molecular complexity index is 209. The molecule has 12 heavy (non-hydrogen) atoms. The minimum atomic E-state index is 0.0554. The smallest absolute Gasteiger partial charge is 0.162 e. The largest absolute Gasteiger partial charge is 0.297 e. The van der Waals surface area contributed by atoms with E-state index in [0.29, 0.717) is 0 Å². The number of carbonyl (C=O) groups is 1. The van der Waals surface area contributed by atoms with E-state index in [9.17, 15) is 4.79 Å². The molecule has 2 nitrogen and oxygen atoms in total. The molecule has 0 aromatic heterocycles. The Kier molecular flexibility index (Phi) is 3.64. The minimum absolute atomic E-state index is 0.0554. The van der Waals surface area contributed by atoms with Gasteiger partial charge >= 0.3 is 0 Å². The van der Waals surface area contributed by atoms with Crippen LogP contribution in [0, 0.1) is 12.3 Å². The topological polar surface area (TPSA) is 20.3 Å². The second-order valence-electron chi connectivity index (χ2n) is 2.92. The van der Waals surface area contributed by atoms with E-state index in [0.717, 1.165) is 18.1 Å². The van der Waals surface area contributed by atoms with Crippen molar-refractivity contribution in [1.29, 1.82) is 0 Å². The molecule has 0 spiro atoms. The fraction of sp³-hybridized carbons (Fsp3) is 0.667. The van der Waals surface area contributed by atoms with Gasteiger partial charge in [-0.05, 0) is 7.05 Å². The Morgan fingerprint density at radius 1 is 1.83 bits per heavy atom. The van der Waals surface area contributed by atoms with E-state index < -0.39 is 0 Å². The van der Waals surface area contributed by atoms with Crippen LogP contribution in [-0.4, -0.2) is 41.8 Å². The predicted molar refractivity (Wildman–Crippen MR) is 52.2 cm³/mol. The van der Waals surface area contributed by atoms with Crippen LogP contribution in [0.2, 0.25) is 0 Å². The van der Waals surface area contributed by atoms with Crippen LogP contribution in [0.5, 0.6) is 0 Å². The van der Waals surface area contributed by atoms with Gasteiger partial charge in [-0.15, -0.1) is 6.42 Å². The minimum Gasteiger partial charge on any atom is -0.297 e. The normalized spacial score (nSPS) is 24.8. The third-order valence-corrected chi connectivity index (χ3v) is 3.07. The molecule has 66 valence electrons. The van der Waals surface area contributed by atoms with Gasteiger partial charge in [-0.3, -0.25) is 9.69 Å².